The van der Waals surface area contributed by atoms with Crippen molar-refractivity contribution in [2.24, 2.45) is 0 Å². The van der Waals surface area contributed by atoms with E-state index >= 15 is 0 Å². The maximum atomic E-state index is 10.2. The van der Waals surface area contributed by atoms with Crippen molar-refractivity contribution in [2.45, 2.75) is 26.2 Å². The molecule has 1 aromatic rings. The fourth-order valence-electron chi connectivity index (χ4n) is 2.61. The minimum Gasteiger partial charge on any atom is -0.491 e. The molecule has 0 fully saturated rings. The number of carboxylic acids is 1. The largest absolute Gasteiger partial charge is 0.491 e. The zero-order chi connectivity index (χ0) is 23.8. The second kappa shape index (κ2) is 22.1. The molecule has 0 aliphatic carbocycles. The zero-order valence-corrected chi connectivity index (χ0v) is 19.8. The van der Waals surface area contributed by atoms with Crippen LogP contribution in [0.25, 0.3) is 0 Å². The molecule has 0 amide bonds. The summed E-state index contributed by atoms with van der Waals surface area (Å²) in [5, 5.41) is 8.40. The lowest BCUT2D eigenvalue weighted by Crippen LogP contribution is -2.15. The molecule has 0 spiro atoms. The minimum absolute atomic E-state index is 0.252. The molecule has 1 rings (SSSR count). The van der Waals surface area contributed by atoms with E-state index in [1.165, 1.54) is 18.4 Å². The number of hydrogen-bond acceptors (Lipinski definition) is 8. The summed E-state index contributed by atoms with van der Waals surface area (Å²) in [6.45, 7) is 7.39. The number of rotatable bonds is 24. The predicted molar refractivity (Wildman–Crippen MR) is 123 cm³/mol. The van der Waals surface area contributed by atoms with Crippen molar-refractivity contribution in [2.75, 3.05) is 85.9 Å². The predicted octanol–water partition coefficient (Wildman–Crippen LogP) is 2.59. The van der Waals surface area contributed by atoms with Crippen LogP contribution in [0.4, 0.5) is 0 Å². The van der Waals surface area contributed by atoms with Gasteiger partial charge in [-0.25, -0.2) is 4.79 Å². The van der Waals surface area contributed by atoms with Crippen LogP contribution in [0.15, 0.2) is 24.3 Å². The van der Waals surface area contributed by atoms with Gasteiger partial charge in [0.25, 0.3) is 0 Å². The third-order valence-corrected chi connectivity index (χ3v) is 4.32. The molecule has 0 aliphatic heterocycles. The number of aliphatic carboxylic acids is 1. The monoisotopic (exact) mass is 472 g/mol. The van der Waals surface area contributed by atoms with Gasteiger partial charge in [0.1, 0.15) is 19.0 Å². The van der Waals surface area contributed by atoms with Gasteiger partial charge in [-0.1, -0.05) is 25.5 Å². The fraction of sp³-hybridized carbons (Fsp3) is 0.708. The molecule has 0 aromatic heterocycles. The Morgan fingerprint density at radius 3 is 1.52 bits per heavy atom. The highest BCUT2D eigenvalue weighted by Gasteiger charge is 1.98. The third-order valence-electron chi connectivity index (χ3n) is 4.32. The Labute approximate surface area is 197 Å². The molecule has 9 heteroatoms. The van der Waals surface area contributed by atoms with Crippen molar-refractivity contribution < 1.29 is 43.1 Å². The van der Waals surface area contributed by atoms with Crippen LogP contribution in [-0.2, 0) is 39.6 Å². The molecule has 0 saturated heterocycles. The number of hydrogen-bond donors (Lipinski definition) is 1. The molecule has 0 radical (unpaired) electrons. The summed E-state index contributed by atoms with van der Waals surface area (Å²) in [7, 11) is 0. The van der Waals surface area contributed by atoms with Gasteiger partial charge >= 0.3 is 5.97 Å². The third kappa shape index (κ3) is 19.4. The molecule has 9 nitrogen and oxygen atoms in total. The summed E-state index contributed by atoms with van der Waals surface area (Å²) in [4.78, 5) is 10.2. The Morgan fingerprint density at radius 2 is 1.09 bits per heavy atom. The molecule has 190 valence electrons. The van der Waals surface area contributed by atoms with Gasteiger partial charge < -0.3 is 38.3 Å². The van der Waals surface area contributed by atoms with Crippen molar-refractivity contribution >= 4 is 5.97 Å². The molecule has 0 unspecified atom stereocenters. The first-order valence-corrected chi connectivity index (χ1v) is 11.6. The second-order valence-electron chi connectivity index (χ2n) is 7.10. The van der Waals surface area contributed by atoms with E-state index in [0.29, 0.717) is 72.7 Å². The first kappa shape index (κ1) is 29.3. The normalized spacial score (nSPS) is 11.1. The zero-order valence-electron chi connectivity index (χ0n) is 19.8. The topological polar surface area (TPSA) is 102 Å². The number of ether oxygens (including phenoxy) is 7. The highest BCUT2D eigenvalue weighted by molar-refractivity contribution is 5.67. The Morgan fingerprint density at radius 1 is 0.667 bits per heavy atom. The smallest absolute Gasteiger partial charge is 0.329 e. The second-order valence-corrected chi connectivity index (χ2v) is 7.10. The van der Waals surface area contributed by atoms with E-state index in [4.69, 9.17) is 38.3 Å². The number of carbonyl (C=O) groups is 1. The number of unbranched alkanes of at least 4 members (excludes halogenated alkanes) is 1. The first-order chi connectivity index (χ1) is 16.2. The van der Waals surface area contributed by atoms with Gasteiger partial charge in [-0.15, -0.1) is 0 Å². The Balaban J connectivity index is 1.75. The number of benzene rings is 1. The average Bonchev–Trinajstić information content (AvgIpc) is 2.82. The highest BCUT2D eigenvalue weighted by atomic mass is 16.6. The molecule has 0 saturated carbocycles. The first-order valence-electron chi connectivity index (χ1n) is 11.6. The van der Waals surface area contributed by atoms with E-state index in [0.717, 1.165) is 12.2 Å². The van der Waals surface area contributed by atoms with Crippen LogP contribution >= 0.6 is 0 Å². The molecule has 33 heavy (non-hydrogen) atoms. The van der Waals surface area contributed by atoms with Crippen molar-refractivity contribution in [3.05, 3.63) is 29.8 Å². The van der Waals surface area contributed by atoms with Crippen LogP contribution in [0.5, 0.6) is 5.75 Å². The Hall–Kier alpha value is -1.75. The molecule has 0 bridgehead atoms. The summed E-state index contributed by atoms with van der Waals surface area (Å²) in [5.41, 5.74) is 1.35. The molecule has 1 aromatic carbocycles. The van der Waals surface area contributed by atoms with E-state index in [2.05, 4.69) is 19.1 Å². The summed E-state index contributed by atoms with van der Waals surface area (Å²) < 4.78 is 37.5. The van der Waals surface area contributed by atoms with E-state index in [1.807, 2.05) is 12.1 Å². The lowest BCUT2D eigenvalue weighted by molar-refractivity contribution is -0.142. The number of aryl methyl sites for hydroxylation is 1. The standard InChI is InChI=1S/C24H40O9/c1-2-3-4-22-5-7-23(8-6-22)33-20-19-31-16-15-29-12-11-27-9-10-28-13-14-30-17-18-32-21-24(25)26/h5-8H,2-4,9-21H2,1H3,(H,25,26). The van der Waals surface area contributed by atoms with Crippen molar-refractivity contribution in [1.29, 1.82) is 0 Å². The van der Waals surface area contributed by atoms with E-state index in [-0.39, 0.29) is 13.2 Å². The maximum absolute atomic E-state index is 10.2. The lowest BCUT2D eigenvalue weighted by atomic mass is 10.1. The van der Waals surface area contributed by atoms with Gasteiger partial charge in [0.2, 0.25) is 0 Å². The number of carboxylic acid groups (broad SMARTS) is 1. The van der Waals surface area contributed by atoms with Crippen molar-refractivity contribution in [3.8, 4) is 5.75 Å². The van der Waals surface area contributed by atoms with Gasteiger partial charge in [-0.2, -0.15) is 0 Å². The van der Waals surface area contributed by atoms with E-state index in [9.17, 15) is 4.79 Å². The van der Waals surface area contributed by atoms with E-state index < -0.39 is 5.97 Å². The summed E-state index contributed by atoms with van der Waals surface area (Å²) in [6, 6.07) is 8.26. The van der Waals surface area contributed by atoms with Crippen LogP contribution in [0, 0.1) is 0 Å². The lowest BCUT2D eigenvalue weighted by Gasteiger charge is -2.09. The molecule has 0 atom stereocenters. The Bertz CT molecular complexity index is 566. The maximum Gasteiger partial charge on any atom is 0.329 e. The van der Waals surface area contributed by atoms with Crippen LogP contribution in [0.1, 0.15) is 25.3 Å². The van der Waals surface area contributed by atoms with Crippen LogP contribution in [-0.4, -0.2) is 97.0 Å². The Kier molecular flexibility index (Phi) is 19.6. The van der Waals surface area contributed by atoms with Crippen LogP contribution < -0.4 is 4.74 Å². The minimum atomic E-state index is -0.988. The fourth-order valence-corrected chi connectivity index (χ4v) is 2.61. The summed E-state index contributed by atoms with van der Waals surface area (Å²) in [5.74, 6) is -0.121. The molecule has 0 aliphatic rings. The van der Waals surface area contributed by atoms with Gasteiger partial charge in [-0.3, -0.25) is 0 Å². The van der Waals surface area contributed by atoms with Crippen molar-refractivity contribution in [1.82, 2.24) is 0 Å². The van der Waals surface area contributed by atoms with Gasteiger partial charge in [0.05, 0.1) is 72.7 Å². The van der Waals surface area contributed by atoms with Gasteiger partial charge in [-0.05, 0) is 30.5 Å². The average molecular weight is 473 g/mol. The molecule has 1 N–H and O–H groups in total. The van der Waals surface area contributed by atoms with Gasteiger partial charge in [0.15, 0.2) is 0 Å². The van der Waals surface area contributed by atoms with Crippen LogP contribution in [0.2, 0.25) is 0 Å². The summed E-state index contributed by atoms with van der Waals surface area (Å²) in [6.07, 6.45) is 3.53. The molecular formula is C24H40O9. The van der Waals surface area contributed by atoms with Crippen molar-refractivity contribution in [3.63, 3.8) is 0 Å². The molecular weight excluding hydrogens is 432 g/mol. The quantitative estimate of drug-likeness (QED) is 0.227. The van der Waals surface area contributed by atoms with Crippen LogP contribution in [0.3, 0.4) is 0 Å². The SMILES string of the molecule is CCCCc1ccc(OCCOCCOCCOCCOCCOCCOCC(=O)O)cc1. The van der Waals surface area contributed by atoms with Gasteiger partial charge in [0, 0.05) is 0 Å². The summed E-state index contributed by atoms with van der Waals surface area (Å²) >= 11 is 0. The molecule has 0 heterocycles. The van der Waals surface area contributed by atoms with E-state index in [1.54, 1.807) is 0 Å². The highest BCUT2D eigenvalue weighted by Crippen LogP contribution is 2.13.